The predicted octanol–water partition coefficient (Wildman–Crippen LogP) is 4.50. The maximum Gasteiger partial charge on any atom is 0.320 e. The number of hydrogen-bond donors (Lipinski definition) is 4. The molecule has 0 atom stereocenters. The van der Waals surface area contributed by atoms with Crippen LogP contribution in [0.15, 0.2) is 60.8 Å². The fourth-order valence-corrected chi connectivity index (χ4v) is 2.63. The highest BCUT2D eigenvalue weighted by Crippen LogP contribution is 2.24. The van der Waals surface area contributed by atoms with E-state index in [1.165, 1.54) is 12.3 Å². The third-order valence-electron chi connectivity index (χ3n) is 3.90. The first kappa shape index (κ1) is 20.7. The smallest absolute Gasteiger partial charge is 0.320 e. The lowest BCUT2D eigenvalue weighted by molar-refractivity contribution is 0.102. The highest BCUT2D eigenvalue weighted by atomic mass is 19.1. The Kier molecular flexibility index (Phi) is 6.53. The van der Waals surface area contributed by atoms with Crippen LogP contribution >= 0.6 is 0 Å². The van der Waals surface area contributed by atoms with Crippen molar-refractivity contribution in [3.8, 4) is 0 Å². The van der Waals surface area contributed by atoms with Crippen LogP contribution in [0.1, 0.15) is 17.3 Å². The minimum absolute atomic E-state index is 0.0345. The van der Waals surface area contributed by atoms with Crippen molar-refractivity contribution in [2.75, 3.05) is 22.5 Å². The summed E-state index contributed by atoms with van der Waals surface area (Å²) in [7, 11) is 0. The molecule has 30 heavy (non-hydrogen) atoms. The average molecular weight is 411 g/mol. The van der Waals surface area contributed by atoms with E-state index in [0.717, 1.165) is 12.1 Å². The summed E-state index contributed by atoms with van der Waals surface area (Å²) in [6.07, 6.45) is 1.26. The molecule has 0 aliphatic rings. The number of pyridine rings is 1. The van der Waals surface area contributed by atoms with Gasteiger partial charge in [0.05, 0.1) is 11.3 Å². The van der Waals surface area contributed by atoms with Crippen LogP contribution in [0.4, 0.5) is 36.5 Å². The fourth-order valence-electron chi connectivity index (χ4n) is 2.63. The first-order valence-electron chi connectivity index (χ1n) is 9.09. The zero-order valence-electron chi connectivity index (χ0n) is 16.0. The van der Waals surface area contributed by atoms with Crippen LogP contribution in [0.5, 0.6) is 0 Å². The molecule has 0 radical (unpaired) electrons. The summed E-state index contributed by atoms with van der Waals surface area (Å²) in [4.78, 5) is 28.6. The fraction of sp³-hybridized carbons (Fsp3) is 0.0952. The lowest BCUT2D eigenvalue weighted by Gasteiger charge is -2.14. The normalized spacial score (nSPS) is 10.2. The summed E-state index contributed by atoms with van der Waals surface area (Å²) in [5.41, 5.74) is 1.12. The van der Waals surface area contributed by atoms with Gasteiger partial charge in [0.2, 0.25) is 0 Å². The first-order chi connectivity index (χ1) is 14.4. The number of rotatable bonds is 6. The van der Waals surface area contributed by atoms with Crippen molar-refractivity contribution in [2.45, 2.75) is 6.92 Å². The molecule has 9 heteroatoms. The van der Waals surface area contributed by atoms with Crippen molar-refractivity contribution >= 4 is 34.8 Å². The van der Waals surface area contributed by atoms with Gasteiger partial charge in [0.1, 0.15) is 17.5 Å². The molecule has 4 N–H and O–H groups in total. The van der Waals surface area contributed by atoms with E-state index in [4.69, 9.17) is 0 Å². The van der Waals surface area contributed by atoms with Crippen LogP contribution in [-0.4, -0.2) is 23.5 Å². The molecule has 0 saturated carbocycles. The van der Waals surface area contributed by atoms with Crippen LogP contribution in [0.25, 0.3) is 0 Å². The van der Waals surface area contributed by atoms with E-state index in [1.54, 1.807) is 19.1 Å². The van der Waals surface area contributed by atoms with Gasteiger partial charge in [-0.15, -0.1) is 0 Å². The maximum atomic E-state index is 13.4. The molecule has 154 valence electrons. The molecule has 0 aliphatic heterocycles. The highest BCUT2D eigenvalue weighted by Gasteiger charge is 2.16. The Bertz CT molecular complexity index is 1040. The molecular formula is C21H19F2N5O2. The second kappa shape index (κ2) is 9.46. The molecular weight excluding hydrogens is 392 g/mol. The lowest BCUT2D eigenvalue weighted by atomic mass is 10.2. The van der Waals surface area contributed by atoms with Gasteiger partial charge >= 0.3 is 6.03 Å². The van der Waals surface area contributed by atoms with E-state index in [-0.39, 0.29) is 17.1 Å². The van der Waals surface area contributed by atoms with Gasteiger partial charge in [-0.2, -0.15) is 0 Å². The van der Waals surface area contributed by atoms with E-state index >= 15 is 0 Å². The molecule has 0 spiro atoms. The van der Waals surface area contributed by atoms with Gasteiger partial charge in [-0.25, -0.2) is 18.6 Å². The Labute approximate surface area is 171 Å². The number of benzene rings is 2. The number of aromatic nitrogens is 1. The van der Waals surface area contributed by atoms with E-state index in [2.05, 4.69) is 26.3 Å². The summed E-state index contributed by atoms with van der Waals surface area (Å²) >= 11 is 0. The predicted molar refractivity (Wildman–Crippen MR) is 111 cm³/mol. The number of carbonyl (C=O) groups is 2. The number of nitrogens with one attached hydrogen (secondary N) is 4. The second-order valence-corrected chi connectivity index (χ2v) is 6.20. The van der Waals surface area contributed by atoms with E-state index in [1.807, 2.05) is 18.2 Å². The SMILES string of the molecule is CCNC(=O)Nc1cc(Nc2ccccc2)c(C(=O)Nc2cc(F)cc(F)c2)cn1. The Hall–Kier alpha value is -4.01. The molecule has 0 aliphatic carbocycles. The number of anilines is 4. The quantitative estimate of drug-likeness (QED) is 0.480. The molecule has 0 fully saturated rings. The van der Waals surface area contributed by atoms with E-state index in [9.17, 15) is 18.4 Å². The third kappa shape index (κ3) is 5.51. The highest BCUT2D eigenvalue weighted by molar-refractivity contribution is 6.08. The standard InChI is InChI=1S/C21H19F2N5O2/c1-2-24-21(30)28-19-11-18(26-15-6-4-3-5-7-15)17(12-25-19)20(29)27-16-9-13(22)8-14(23)10-16/h3-12H,2H2,1H3,(H,27,29)(H3,24,25,26,28,30). The summed E-state index contributed by atoms with van der Waals surface area (Å²) in [6.45, 7) is 2.21. The molecule has 0 saturated heterocycles. The third-order valence-corrected chi connectivity index (χ3v) is 3.90. The first-order valence-corrected chi connectivity index (χ1v) is 9.09. The molecule has 3 amide bonds. The van der Waals surface area contributed by atoms with Crippen molar-refractivity contribution < 1.29 is 18.4 Å². The largest absolute Gasteiger partial charge is 0.355 e. The van der Waals surface area contributed by atoms with Crippen molar-refractivity contribution in [1.82, 2.24) is 10.3 Å². The van der Waals surface area contributed by atoms with Crippen LogP contribution < -0.4 is 21.3 Å². The minimum Gasteiger partial charge on any atom is -0.355 e. The number of para-hydroxylation sites is 1. The number of carbonyl (C=O) groups excluding carboxylic acids is 2. The molecule has 3 rings (SSSR count). The number of halogens is 2. The Morgan fingerprint density at radius 3 is 2.30 bits per heavy atom. The second-order valence-electron chi connectivity index (χ2n) is 6.20. The summed E-state index contributed by atoms with van der Waals surface area (Å²) < 4.78 is 26.8. The van der Waals surface area contributed by atoms with Gasteiger partial charge < -0.3 is 16.0 Å². The topological polar surface area (TPSA) is 95.2 Å². The van der Waals surface area contributed by atoms with Crippen molar-refractivity contribution in [3.05, 3.63) is 78.0 Å². The molecule has 1 aromatic heterocycles. The van der Waals surface area contributed by atoms with E-state index in [0.29, 0.717) is 24.0 Å². The summed E-state index contributed by atoms with van der Waals surface area (Å²) in [6, 6.07) is 12.8. The Balaban J connectivity index is 1.90. The number of hydrogen-bond acceptors (Lipinski definition) is 4. The summed E-state index contributed by atoms with van der Waals surface area (Å²) in [5, 5.41) is 10.7. The molecule has 7 nitrogen and oxygen atoms in total. The molecule has 3 aromatic rings. The van der Waals surface area contributed by atoms with E-state index < -0.39 is 23.6 Å². The van der Waals surface area contributed by atoms with Crippen molar-refractivity contribution in [2.24, 2.45) is 0 Å². The van der Waals surface area contributed by atoms with Crippen LogP contribution in [0.2, 0.25) is 0 Å². The van der Waals surface area contributed by atoms with Crippen LogP contribution in [0.3, 0.4) is 0 Å². The van der Waals surface area contributed by atoms with Gasteiger partial charge in [-0.05, 0) is 31.2 Å². The van der Waals surface area contributed by atoms with Gasteiger partial charge in [-0.3, -0.25) is 10.1 Å². The van der Waals surface area contributed by atoms with Crippen molar-refractivity contribution in [1.29, 1.82) is 0 Å². The lowest BCUT2D eigenvalue weighted by Crippen LogP contribution is -2.28. The van der Waals surface area contributed by atoms with Gasteiger partial charge in [0.15, 0.2) is 0 Å². The van der Waals surface area contributed by atoms with Crippen LogP contribution in [-0.2, 0) is 0 Å². The maximum absolute atomic E-state index is 13.4. The van der Waals surface area contributed by atoms with Gasteiger partial charge in [0, 0.05) is 36.2 Å². The van der Waals surface area contributed by atoms with Crippen LogP contribution in [0, 0.1) is 11.6 Å². The number of nitrogens with zero attached hydrogens (tertiary/aromatic N) is 1. The number of amides is 3. The van der Waals surface area contributed by atoms with Crippen molar-refractivity contribution in [3.63, 3.8) is 0 Å². The Morgan fingerprint density at radius 2 is 1.63 bits per heavy atom. The van der Waals surface area contributed by atoms with Gasteiger partial charge in [-0.1, -0.05) is 18.2 Å². The molecule has 0 bridgehead atoms. The average Bonchev–Trinajstić information content (AvgIpc) is 2.68. The minimum atomic E-state index is -0.812. The molecule has 0 unspecified atom stereocenters. The molecule has 2 aromatic carbocycles. The zero-order chi connectivity index (χ0) is 21.5. The summed E-state index contributed by atoms with van der Waals surface area (Å²) in [5.74, 6) is -2.04. The molecule has 1 heterocycles. The number of urea groups is 1. The zero-order valence-corrected chi connectivity index (χ0v) is 16.0. The Morgan fingerprint density at radius 1 is 0.933 bits per heavy atom. The monoisotopic (exact) mass is 411 g/mol. The van der Waals surface area contributed by atoms with Gasteiger partial charge in [0.25, 0.3) is 5.91 Å².